The van der Waals surface area contributed by atoms with Gasteiger partial charge in [0.2, 0.25) is 0 Å². The van der Waals surface area contributed by atoms with E-state index in [-0.39, 0.29) is 11.7 Å². The van der Waals surface area contributed by atoms with E-state index in [0.717, 1.165) is 35.3 Å². The lowest BCUT2D eigenvalue weighted by Crippen LogP contribution is -2.01. The van der Waals surface area contributed by atoms with Gasteiger partial charge in [-0.1, -0.05) is 108 Å². The second-order valence-electron chi connectivity index (χ2n) is 8.42. The summed E-state index contributed by atoms with van der Waals surface area (Å²) in [5, 5.41) is 0. The Morgan fingerprint density at radius 2 is 1.73 bits per heavy atom. The van der Waals surface area contributed by atoms with Gasteiger partial charge in [-0.2, -0.15) is 0 Å². The minimum atomic E-state index is -0.208. The molecule has 2 aromatic carbocycles. The molecule has 0 saturated heterocycles. The minimum absolute atomic E-state index is 0.0793. The normalized spacial score (nSPS) is 13.9. The van der Waals surface area contributed by atoms with Gasteiger partial charge in [0, 0.05) is 5.92 Å². The summed E-state index contributed by atoms with van der Waals surface area (Å²) in [6, 6.07) is 13.4. The number of aryl methyl sites for hydroxylation is 2. The Morgan fingerprint density at radius 1 is 1.12 bits per heavy atom. The molecule has 0 amide bonds. The Balaban J connectivity index is 0.000000515. The molecular formula is C31H43FO. The summed E-state index contributed by atoms with van der Waals surface area (Å²) in [7, 11) is 0. The number of allylic oxidation sites excluding steroid dienone is 5. The molecule has 3 rings (SSSR count). The Bertz CT molecular complexity index is 918. The number of carbonyl (C=O) groups is 1. The van der Waals surface area contributed by atoms with Crippen LogP contribution in [0.25, 0.3) is 11.1 Å². The molecular weight excluding hydrogens is 407 g/mol. The van der Waals surface area contributed by atoms with E-state index in [0.29, 0.717) is 5.56 Å². The van der Waals surface area contributed by atoms with Crippen LogP contribution < -0.4 is 0 Å². The summed E-state index contributed by atoms with van der Waals surface area (Å²) in [5.41, 5.74) is 6.08. The summed E-state index contributed by atoms with van der Waals surface area (Å²) >= 11 is 0. The van der Waals surface area contributed by atoms with Crippen molar-refractivity contribution in [3.8, 4) is 0 Å². The van der Waals surface area contributed by atoms with Gasteiger partial charge in [0.25, 0.3) is 0 Å². The van der Waals surface area contributed by atoms with Crippen LogP contribution in [0.1, 0.15) is 76.6 Å². The first-order valence-corrected chi connectivity index (χ1v) is 12.0. The SMILES string of the molecule is C=C(C)c1ccccc1C.CC.CCC(C)C.Cc1ccc(C2=CC(C=O)CC=C2)cc1F. The number of carbonyl (C=O) groups excluding carboxylic acids is 1. The molecule has 1 unspecified atom stereocenters. The highest BCUT2D eigenvalue weighted by Crippen LogP contribution is 2.25. The number of benzene rings is 2. The monoisotopic (exact) mass is 450 g/mol. The van der Waals surface area contributed by atoms with E-state index in [1.165, 1.54) is 23.6 Å². The highest BCUT2D eigenvalue weighted by Gasteiger charge is 2.10. The third-order valence-corrected chi connectivity index (χ3v) is 5.20. The van der Waals surface area contributed by atoms with Crippen LogP contribution >= 0.6 is 0 Å². The number of aldehydes is 1. The average molecular weight is 451 g/mol. The summed E-state index contributed by atoms with van der Waals surface area (Å²) in [6.45, 7) is 20.4. The lowest BCUT2D eigenvalue weighted by atomic mass is 9.93. The van der Waals surface area contributed by atoms with Crippen molar-refractivity contribution < 1.29 is 9.18 Å². The van der Waals surface area contributed by atoms with Gasteiger partial charge in [-0.3, -0.25) is 0 Å². The van der Waals surface area contributed by atoms with Gasteiger partial charge in [0.1, 0.15) is 12.1 Å². The fourth-order valence-electron chi connectivity index (χ4n) is 2.82. The van der Waals surface area contributed by atoms with Gasteiger partial charge in [0.15, 0.2) is 0 Å². The molecule has 180 valence electrons. The molecule has 1 nitrogen and oxygen atoms in total. The summed E-state index contributed by atoms with van der Waals surface area (Å²) in [5.74, 6) is 0.597. The van der Waals surface area contributed by atoms with Crippen LogP contribution in [-0.2, 0) is 4.79 Å². The highest BCUT2D eigenvalue weighted by atomic mass is 19.1. The molecule has 0 N–H and O–H groups in total. The van der Waals surface area contributed by atoms with E-state index < -0.39 is 0 Å². The standard InChI is InChI=1S/C14H13FO.C10H12.C5H12.C2H6/c1-10-5-6-13(8-14(10)15)12-4-2-3-11(7-12)9-16;1-8(2)10-7-5-4-6-9(10)3;1-4-5(2)3;1-2/h2,4-9,11H,3H2,1H3;4-7H,1H2,2-3H3;5H,4H2,1-3H3;1-2H3. The largest absolute Gasteiger partial charge is 0.303 e. The molecule has 0 radical (unpaired) electrons. The van der Waals surface area contributed by atoms with Crippen molar-refractivity contribution in [2.45, 2.75) is 68.2 Å². The molecule has 0 aliphatic heterocycles. The summed E-state index contributed by atoms with van der Waals surface area (Å²) in [6.07, 6.45) is 8.74. The first-order chi connectivity index (χ1) is 15.7. The molecule has 0 fully saturated rings. The fraction of sp³-hybridized carbons (Fsp3) is 0.387. The molecule has 2 heteroatoms. The van der Waals surface area contributed by atoms with Crippen LogP contribution in [0.15, 0.2) is 67.3 Å². The quantitative estimate of drug-likeness (QED) is 0.424. The second kappa shape index (κ2) is 16.8. The van der Waals surface area contributed by atoms with Gasteiger partial charge < -0.3 is 4.79 Å². The lowest BCUT2D eigenvalue weighted by molar-refractivity contribution is -0.109. The van der Waals surface area contributed by atoms with E-state index in [9.17, 15) is 9.18 Å². The third-order valence-electron chi connectivity index (χ3n) is 5.20. The molecule has 0 aromatic heterocycles. The zero-order chi connectivity index (χ0) is 25.4. The summed E-state index contributed by atoms with van der Waals surface area (Å²) < 4.78 is 13.4. The Morgan fingerprint density at radius 3 is 2.18 bits per heavy atom. The van der Waals surface area contributed by atoms with Crippen molar-refractivity contribution in [1.82, 2.24) is 0 Å². The maximum absolute atomic E-state index is 13.4. The zero-order valence-corrected chi connectivity index (χ0v) is 21.9. The molecule has 1 aliphatic carbocycles. The van der Waals surface area contributed by atoms with Gasteiger partial charge in [-0.15, -0.1) is 0 Å². The van der Waals surface area contributed by atoms with Crippen LogP contribution in [0.2, 0.25) is 0 Å². The van der Waals surface area contributed by atoms with Crippen molar-refractivity contribution in [2.24, 2.45) is 11.8 Å². The molecule has 0 heterocycles. The van der Waals surface area contributed by atoms with E-state index >= 15 is 0 Å². The van der Waals surface area contributed by atoms with Gasteiger partial charge >= 0.3 is 0 Å². The van der Waals surface area contributed by atoms with Crippen LogP contribution in [0, 0.1) is 31.5 Å². The zero-order valence-electron chi connectivity index (χ0n) is 21.9. The maximum atomic E-state index is 13.4. The van der Waals surface area contributed by atoms with Crippen molar-refractivity contribution in [2.75, 3.05) is 0 Å². The minimum Gasteiger partial charge on any atom is -0.303 e. The predicted octanol–water partition coefficient (Wildman–Crippen LogP) is 9.40. The molecule has 2 aromatic rings. The van der Waals surface area contributed by atoms with E-state index in [1.54, 1.807) is 13.0 Å². The molecule has 0 saturated carbocycles. The first-order valence-electron chi connectivity index (χ1n) is 12.0. The molecule has 33 heavy (non-hydrogen) atoms. The molecule has 1 aliphatic rings. The van der Waals surface area contributed by atoms with Crippen molar-refractivity contribution >= 4 is 17.4 Å². The number of hydrogen-bond acceptors (Lipinski definition) is 1. The highest BCUT2D eigenvalue weighted by molar-refractivity contribution is 5.78. The van der Waals surface area contributed by atoms with Crippen molar-refractivity contribution in [1.29, 1.82) is 0 Å². The van der Waals surface area contributed by atoms with E-state index in [4.69, 9.17) is 0 Å². The fourth-order valence-corrected chi connectivity index (χ4v) is 2.82. The Labute approximate surface area is 202 Å². The first kappa shape index (κ1) is 30.3. The van der Waals surface area contributed by atoms with Crippen molar-refractivity contribution in [3.05, 3.63) is 95.3 Å². The number of rotatable bonds is 4. The lowest BCUT2D eigenvalue weighted by Gasteiger charge is -2.12. The molecule has 0 spiro atoms. The smallest absolute Gasteiger partial charge is 0.127 e. The maximum Gasteiger partial charge on any atom is 0.127 e. The van der Waals surface area contributed by atoms with Crippen LogP contribution in [0.3, 0.4) is 0 Å². The molecule has 0 bridgehead atoms. The second-order valence-corrected chi connectivity index (χ2v) is 8.42. The Kier molecular flexibility index (Phi) is 15.4. The Hall–Kier alpha value is -2.74. The van der Waals surface area contributed by atoms with Crippen molar-refractivity contribution in [3.63, 3.8) is 0 Å². The predicted molar refractivity (Wildman–Crippen MR) is 145 cm³/mol. The van der Waals surface area contributed by atoms with Crippen LogP contribution in [0.4, 0.5) is 4.39 Å². The topological polar surface area (TPSA) is 17.1 Å². The molecule has 1 atom stereocenters. The number of halogens is 1. The number of hydrogen-bond donors (Lipinski definition) is 0. The van der Waals surface area contributed by atoms with Gasteiger partial charge in [-0.05, 0) is 67.0 Å². The van der Waals surface area contributed by atoms with Crippen LogP contribution in [-0.4, -0.2) is 6.29 Å². The van der Waals surface area contributed by atoms with Gasteiger partial charge in [-0.25, -0.2) is 4.39 Å². The third kappa shape index (κ3) is 11.6. The van der Waals surface area contributed by atoms with E-state index in [2.05, 4.69) is 46.4 Å². The van der Waals surface area contributed by atoms with Gasteiger partial charge in [0.05, 0.1) is 0 Å². The summed E-state index contributed by atoms with van der Waals surface area (Å²) in [4.78, 5) is 10.7. The van der Waals surface area contributed by atoms with Crippen LogP contribution in [0.5, 0.6) is 0 Å². The average Bonchev–Trinajstić information content (AvgIpc) is 2.83. The van der Waals surface area contributed by atoms with E-state index in [1.807, 2.05) is 57.2 Å².